The average molecular weight is 427 g/mol. The number of hydrogen-bond donors (Lipinski definition) is 1. The molecule has 0 saturated carbocycles. The highest BCUT2D eigenvalue weighted by Crippen LogP contribution is 2.17. The average Bonchev–Trinajstić information content (AvgIpc) is 2.74. The van der Waals surface area contributed by atoms with Crippen LogP contribution in [0.3, 0.4) is 0 Å². The van der Waals surface area contributed by atoms with Gasteiger partial charge in [0.2, 0.25) is 15.9 Å². The minimum atomic E-state index is -3.47. The molecule has 0 spiro atoms. The normalized spacial score (nSPS) is 15.5. The van der Waals surface area contributed by atoms with Crippen molar-refractivity contribution in [3.63, 3.8) is 0 Å². The second-order valence-corrected chi connectivity index (χ2v) is 9.27. The standard InChI is InChI=1S/C22H26N4O3S/c1-2-20-8-3-4-9-21(20)24-22(27)16-25-10-12-26(13-11-25)30(28,29)17-19-7-5-6-18(14-19)15-23/h3-9,14H,2,10-13,16-17H2,1H3,(H,24,27). The molecular weight excluding hydrogens is 400 g/mol. The second kappa shape index (κ2) is 9.85. The fraction of sp³-hybridized carbons (Fsp3) is 0.364. The van der Waals surface area contributed by atoms with Crippen LogP contribution in [0.4, 0.5) is 5.69 Å². The maximum atomic E-state index is 12.7. The van der Waals surface area contributed by atoms with Crippen LogP contribution in [0.15, 0.2) is 48.5 Å². The maximum absolute atomic E-state index is 12.7. The molecule has 0 aliphatic carbocycles. The first-order valence-electron chi connectivity index (χ1n) is 9.98. The lowest BCUT2D eigenvalue weighted by Gasteiger charge is -2.33. The van der Waals surface area contributed by atoms with E-state index in [4.69, 9.17) is 5.26 Å². The molecule has 0 bridgehead atoms. The van der Waals surface area contributed by atoms with Crippen LogP contribution in [-0.4, -0.2) is 56.3 Å². The molecule has 0 atom stereocenters. The quantitative estimate of drug-likeness (QED) is 0.733. The molecule has 2 aromatic rings. The number of nitriles is 1. The molecular formula is C22H26N4O3S. The molecule has 1 aliphatic heterocycles. The summed E-state index contributed by atoms with van der Waals surface area (Å²) in [5.41, 5.74) is 2.96. The number of anilines is 1. The predicted octanol–water partition coefficient (Wildman–Crippen LogP) is 2.21. The van der Waals surface area contributed by atoms with Crippen molar-refractivity contribution in [2.45, 2.75) is 19.1 Å². The zero-order chi connectivity index (χ0) is 21.6. The van der Waals surface area contributed by atoms with E-state index in [-0.39, 0.29) is 18.2 Å². The SMILES string of the molecule is CCc1ccccc1NC(=O)CN1CCN(S(=O)(=O)Cc2cccc(C#N)c2)CC1. The molecule has 1 saturated heterocycles. The molecule has 0 aromatic heterocycles. The van der Waals surface area contributed by atoms with Crippen molar-refractivity contribution in [2.24, 2.45) is 0 Å². The molecule has 8 heteroatoms. The van der Waals surface area contributed by atoms with Crippen molar-refractivity contribution >= 4 is 21.6 Å². The molecule has 30 heavy (non-hydrogen) atoms. The van der Waals surface area contributed by atoms with Crippen LogP contribution in [0.1, 0.15) is 23.6 Å². The van der Waals surface area contributed by atoms with Crippen LogP contribution in [-0.2, 0) is 27.0 Å². The van der Waals surface area contributed by atoms with E-state index >= 15 is 0 Å². The molecule has 1 N–H and O–H groups in total. The van der Waals surface area contributed by atoms with Crippen LogP contribution < -0.4 is 5.32 Å². The number of benzene rings is 2. The number of hydrogen-bond acceptors (Lipinski definition) is 5. The summed E-state index contributed by atoms with van der Waals surface area (Å²) in [6.07, 6.45) is 0.838. The van der Waals surface area contributed by atoms with Crippen molar-refractivity contribution in [1.29, 1.82) is 5.26 Å². The number of carbonyl (C=O) groups excluding carboxylic acids is 1. The van der Waals surface area contributed by atoms with Gasteiger partial charge in [-0.25, -0.2) is 8.42 Å². The summed E-state index contributed by atoms with van der Waals surface area (Å²) in [6, 6.07) is 16.4. The van der Waals surface area contributed by atoms with Crippen LogP contribution in [0.25, 0.3) is 0 Å². The lowest BCUT2D eigenvalue weighted by molar-refractivity contribution is -0.117. The third kappa shape index (κ3) is 5.66. The first-order valence-corrected chi connectivity index (χ1v) is 11.6. The van der Waals surface area contributed by atoms with Gasteiger partial charge in [0.25, 0.3) is 0 Å². The van der Waals surface area contributed by atoms with E-state index < -0.39 is 10.0 Å². The largest absolute Gasteiger partial charge is 0.325 e. The van der Waals surface area contributed by atoms with Crippen molar-refractivity contribution in [3.8, 4) is 6.07 Å². The molecule has 1 amide bonds. The molecule has 1 aliphatic rings. The van der Waals surface area contributed by atoms with Gasteiger partial charge < -0.3 is 5.32 Å². The van der Waals surface area contributed by atoms with E-state index in [0.717, 1.165) is 17.7 Å². The summed E-state index contributed by atoms with van der Waals surface area (Å²) in [5.74, 6) is -0.225. The number of nitrogens with zero attached hydrogens (tertiary/aromatic N) is 3. The monoisotopic (exact) mass is 426 g/mol. The van der Waals surface area contributed by atoms with E-state index in [0.29, 0.717) is 37.3 Å². The molecule has 2 aromatic carbocycles. The van der Waals surface area contributed by atoms with Gasteiger partial charge in [0.05, 0.1) is 23.9 Å². The Bertz CT molecular complexity index is 1040. The summed E-state index contributed by atoms with van der Waals surface area (Å²) in [6.45, 7) is 3.97. The van der Waals surface area contributed by atoms with Gasteiger partial charge >= 0.3 is 0 Å². The van der Waals surface area contributed by atoms with Gasteiger partial charge in [-0.3, -0.25) is 9.69 Å². The number of para-hydroxylation sites is 1. The van der Waals surface area contributed by atoms with Gasteiger partial charge in [0.15, 0.2) is 0 Å². The molecule has 3 rings (SSSR count). The number of piperazine rings is 1. The van der Waals surface area contributed by atoms with Crippen molar-refractivity contribution < 1.29 is 13.2 Å². The number of carbonyl (C=O) groups is 1. The Morgan fingerprint density at radius 2 is 1.83 bits per heavy atom. The number of amides is 1. The third-order valence-electron chi connectivity index (χ3n) is 5.17. The molecule has 0 radical (unpaired) electrons. The van der Waals surface area contributed by atoms with Crippen molar-refractivity contribution in [1.82, 2.24) is 9.21 Å². The smallest absolute Gasteiger partial charge is 0.238 e. The van der Waals surface area contributed by atoms with Gasteiger partial charge in [-0.1, -0.05) is 37.3 Å². The molecule has 0 unspecified atom stereocenters. The topological polar surface area (TPSA) is 93.5 Å². The Hall–Kier alpha value is -2.73. The van der Waals surface area contributed by atoms with Gasteiger partial charge in [0.1, 0.15) is 0 Å². The van der Waals surface area contributed by atoms with Crippen LogP contribution in [0, 0.1) is 11.3 Å². The number of nitrogens with one attached hydrogen (secondary N) is 1. The van der Waals surface area contributed by atoms with E-state index in [2.05, 4.69) is 5.32 Å². The Kier molecular flexibility index (Phi) is 7.21. The Labute approximate surface area is 178 Å². The maximum Gasteiger partial charge on any atom is 0.238 e. The first-order chi connectivity index (χ1) is 14.4. The first kappa shape index (κ1) is 22.0. The van der Waals surface area contributed by atoms with Gasteiger partial charge in [0, 0.05) is 31.9 Å². The lowest BCUT2D eigenvalue weighted by atomic mass is 10.1. The van der Waals surface area contributed by atoms with E-state index in [1.165, 1.54) is 4.31 Å². The van der Waals surface area contributed by atoms with E-state index in [1.807, 2.05) is 42.2 Å². The van der Waals surface area contributed by atoms with Gasteiger partial charge in [-0.05, 0) is 35.7 Å². The van der Waals surface area contributed by atoms with E-state index in [1.54, 1.807) is 24.3 Å². The number of aryl methyl sites for hydroxylation is 1. The lowest BCUT2D eigenvalue weighted by Crippen LogP contribution is -2.50. The summed E-state index contributed by atoms with van der Waals surface area (Å²) < 4.78 is 26.9. The third-order valence-corrected chi connectivity index (χ3v) is 7.02. The van der Waals surface area contributed by atoms with Crippen LogP contribution in [0.5, 0.6) is 0 Å². The fourth-order valence-corrected chi connectivity index (χ4v) is 5.04. The highest BCUT2D eigenvalue weighted by molar-refractivity contribution is 7.88. The molecule has 158 valence electrons. The van der Waals surface area contributed by atoms with Crippen LogP contribution in [0.2, 0.25) is 0 Å². The summed E-state index contributed by atoms with van der Waals surface area (Å²) in [7, 11) is -3.47. The van der Waals surface area contributed by atoms with E-state index in [9.17, 15) is 13.2 Å². The zero-order valence-electron chi connectivity index (χ0n) is 17.0. The predicted molar refractivity (Wildman–Crippen MR) is 116 cm³/mol. The van der Waals surface area contributed by atoms with Gasteiger partial charge in [-0.15, -0.1) is 0 Å². The molecule has 1 heterocycles. The summed E-state index contributed by atoms with van der Waals surface area (Å²) >= 11 is 0. The zero-order valence-corrected chi connectivity index (χ0v) is 17.9. The fourth-order valence-electron chi connectivity index (χ4n) is 3.54. The van der Waals surface area contributed by atoms with Crippen molar-refractivity contribution in [2.75, 3.05) is 38.0 Å². The summed E-state index contributed by atoms with van der Waals surface area (Å²) in [4.78, 5) is 14.4. The molecule has 7 nitrogen and oxygen atoms in total. The van der Waals surface area contributed by atoms with Crippen LogP contribution >= 0.6 is 0 Å². The van der Waals surface area contributed by atoms with Crippen molar-refractivity contribution in [3.05, 3.63) is 65.2 Å². The number of sulfonamides is 1. The highest BCUT2D eigenvalue weighted by Gasteiger charge is 2.28. The number of rotatable bonds is 7. The summed E-state index contributed by atoms with van der Waals surface area (Å²) in [5, 5.41) is 11.9. The molecule has 1 fully saturated rings. The van der Waals surface area contributed by atoms with Gasteiger partial charge in [-0.2, -0.15) is 9.57 Å². The highest BCUT2D eigenvalue weighted by atomic mass is 32.2. The minimum absolute atomic E-state index is 0.0967. The minimum Gasteiger partial charge on any atom is -0.325 e. The Balaban J connectivity index is 1.52. The Morgan fingerprint density at radius 1 is 1.10 bits per heavy atom. The second-order valence-electron chi connectivity index (χ2n) is 7.30. The Morgan fingerprint density at radius 3 is 2.53 bits per heavy atom.